The van der Waals surface area contributed by atoms with Gasteiger partial charge in [0.15, 0.2) is 0 Å². The van der Waals surface area contributed by atoms with Crippen LogP contribution in [0.15, 0.2) is 182 Å². The summed E-state index contributed by atoms with van der Waals surface area (Å²) in [6.07, 6.45) is 0. The average Bonchev–Trinajstić information content (AvgIpc) is 3.19. The normalized spacial score (nSPS) is 12.0. The van der Waals surface area contributed by atoms with E-state index >= 15 is 0 Å². The van der Waals surface area contributed by atoms with Crippen LogP contribution in [0.3, 0.4) is 0 Å². The van der Waals surface area contributed by atoms with Crippen molar-refractivity contribution in [2.24, 2.45) is 0 Å². The molecule has 0 aromatic heterocycles. The van der Waals surface area contributed by atoms with Crippen molar-refractivity contribution in [2.45, 2.75) is 0 Å². The average molecular weight is 631 g/mol. The van der Waals surface area contributed by atoms with Gasteiger partial charge in [0.05, 0.1) is 0 Å². The van der Waals surface area contributed by atoms with E-state index in [1.807, 2.05) is 0 Å². The van der Waals surface area contributed by atoms with Gasteiger partial charge in [0, 0.05) is 0 Å². The van der Waals surface area contributed by atoms with Crippen LogP contribution in [0, 0.1) is 0 Å². The van der Waals surface area contributed by atoms with Crippen LogP contribution in [0.25, 0.3) is 109 Å². The Kier molecular flexibility index (Phi) is 5.76. The Morgan fingerprint density at radius 1 is 0.200 bits per heavy atom. The van der Waals surface area contributed by atoms with Gasteiger partial charge in [-0.25, -0.2) is 0 Å². The third-order valence-corrected chi connectivity index (χ3v) is 11.0. The molecule has 0 atom stereocenters. The van der Waals surface area contributed by atoms with Crippen LogP contribution >= 0.6 is 0 Å². The first kappa shape index (κ1) is 27.5. The molecule has 50 heavy (non-hydrogen) atoms. The topological polar surface area (TPSA) is 0 Å². The van der Waals surface area contributed by atoms with E-state index < -0.39 is 0 Å². The molecule has 230 valence electrons. The van der Waals surface area contributed by atoms with Crippen molar-refractivity contribution in [3.8, 4) is 44.5 Å². The zero-order valence-corrected chi connectivity index (χ0v) is 27.3. The monoisotopic (exact) mass is 630 g/mol. The third-order valence-electron chi connectivity index (χ3n) is 11.0. The first-order chi connectivity index (χ1) is 24.8. The minimum absolute atomic E-state index is 1.24. The van der Waals surface area contributed by atoms with E-state index in [-0.39, 0.29) is 0 Å². The van der Waals surface area contributed by atoms with Crippen LogP contribution in [-0.4, -0.2) is 0 Å². The van der Waals surface area contributed by atoms with Crippen molar-refractivity contribution in [1.29, 1.82) is 0 Å². The van der Waals surface area contributed by atoms with Gasteiger partial charge in [-0.15, -0.1) is 0 Å². The Balaban J connectivity index is 1.07. The lowest BCUT2D eigenvalue weighted by atomic mass is 9.85. The molecule has 0 nitrogen and oxygen atoms in total. The highest BCUT2D eigenvalue weighted by atomic mass is 14.2. The van der Waals surface area contributed by atoms with Gasteiger partial charge in [-0.3, -0.25) is 0 Å². The van der Waals surface area contributed by atoms with Gasteiger partial charge in [0.1, 0.15) is 0 Å². The molecule has 0 fully saturated rings. The van der Waals surface area contributed by atoms with E-state index in [1.165, 1.54) is 109 Å². The highest BCUT2D eigenvalue weighted by Crippen LogP contribution is 2.45. The molecule has 0 radical (unpaired) electrons. The van der Waals surface area contributed by atoms with Crippen LogP contribution in [0.1, 0.15) is 0 Å². The van der Waals surface area contributed by atoms with Crippen LogP contribution in [0.2, 0.25) is 0 Å². The van der Waals surface area contributed by atoms with Crippen molar-refractivity contribution in [1.82, 2.24) is 0 Å². The van der Waals surface area contributed by atoms with E-state index in [0.717, 1.165) is 0 Å². The first-order valence-corrected chi connectivity index (χ1v) is 17.4. The Morgan fingerprint density at radius 2 is 0.560 bits per heavy atom. The van der Waals surface area contributed by atoms with Crippen molar-refractivity contribution in [3.05, 3.63) is 182 Å². The molecule has 0 amide bonds. The predicted octanol–water partition coefficient (Wildman–Crippen LogP) is 14.1. The van der Waals surface area contributed by atoms with Crippen LogP contribution in [0.5, 0.6) is 0 Å². The Bertz CT molecular complexity index is 3040. The summed E-state index contributed by atoms with van der Waals surface area (Å²) >= 11 is 0. The summed E-state index contributed by atoms with van der Waals surface area (Å²) in [7, 11) is 0. The quantitative estimate of drug-likeness (QED) is 0.170. The highest BCUT2D eigenvalue weighted by Gasteiger charge is 2.17. The maximum atomic E-state index is 2.40. The molecule has 0 aliphatic heterocycles. The first-order valence-electron chi connectivity index (χ1n) is 17.4. The molecule has 0 saturated carbocycles. The van der Waals surface area contributed by atoms with Crippen molar-refractivity contribution < 1.29 is 0 Å². The molecule has 0 unspecified atom stereocenters. The Hall–Kier alpha value is -6.50. The van der Waals surface area contributed by atoms with Gasteiger partial charge in [-0.2, -0.15) is 0 Å². The molecule has 0 aliphatic rings. The van der Waals surface area contributed by atoms with E-state index in [0.29, 0.717) is 0 Å². The lowest BCUT2D eigenvalue weighted by molar-refractivity contribution is 1.63. The van der Waals surface area contributed by atoms with Crippen molar-refractivity contribution >= 4 is 64.6 Å². The Labute approximate surface area is 290 Å². The largest absolute Gasteiger partial charge is 0.0622 e. The number of hydrogen-bond acceptors (Lipinski definition) is 0. The fourth-order valence-corrected chi connectivity index (χ4v) is 8.69. The minimum atomic E-state index is 1.24. The fourth-order valence-electron chi connectivity index (χ4n) is 8.69. The second kappa shape index (κ2) is 10.5. The summed E-state index contributed by atoms with van der Waals surface area (Å²) in [5, 5.41) is 15.8. The summed E-state index contributed by atoms with van der Waals surface area (Å²) in [5.74, 6) is 0. The van der Waals surface area contributed by atoms with Crippen LogP contribution < -0.4 is 0 Å². The summed E-state index contributed by atoms with van der Waals surface area (Å²) < 4.78 is 0. The van der Waals surface area contributed by atoms with Gasteiger partial charge in [0.2, 0.25) is 0 Å². The summed E-state index contributed by atoms with van der Waals surface area (Å²) in [5.41, 5.74) is 10.1. The van der Waals surface area contributed by atoms with E-state index in [9.17, 15) is 0 Å². The molecule has 0 saturated heterocycles. The summed E-state index contributed by atoms with van der Waals surface area (Å²) in [6.45, 7) is 0. The third kappa shape index (κ3) is 3.94. The molecule has 11 rings (SSSR count). The highest BCUT2D eigenvalue weighted by molar-refractivity contribution is 6.29. The zero-order valence-electron chi connectivity index (χ0n) is 27.3. The van der Waals surface area contributed by atoms with Gasteiger partial charge in [0.25, 0.3) is 0 Å². The summed E-state index contributed by atoms with van der Waals surface area (Å²) in [4.78, 5) is 0. The van der Waals surface area contributed by atoms with Gasteiger partial charge in [-0.1, -0.05) is 176 Å². The molecule has 0 N–H and O–H groups in total. The van der Waals surface area contributed by atoms with Crippen LogP contribution in [-0.2, 0) is 0 Å². The van der Waals surface area contributed by atoms with Gasteiger partial charge >= 0.3 is 0 Å². The molecule has 11 aromatic carbocycles. The second-order valence-electron chi connectivity index (χ2n) is 13.6. The maximum absolute atomic E-state index is 2.40. The van der Waals surface area contributed by atoms with Gasteiger partial charge in [-0.05, 0) is 115 Å². The molecule has 0 aliphatic carbocycles. The SMILES string of the molecule is c1ccc(-c2ccc3ccc4c(-c5ccc(-c6cc7ccc(-c8ccccc8)c8ccc9cccc6c9c78)cc5)ccc5ccc2c3c54)cc1. The second-order valence-corrected chi connectivity index (χ2v) is 13.6. The number of hydrogen-bond donors (Lipinski definition) is 0. The lowest BCUT2D eigenvalue weighted by Crippen LogP contribution is -1.91. The van der Waals surface area contributed by atoms with E-state index in [1.54, 1.807) is 0 Å². The molecule has 0 heteroatoms. The molecule has 11 aromatic rings. The standard InChI is InChI=1S/C50H30/c1-3-8-31(9-4-1)39-24-18-36-22-29-44-41(25-19-37-21-28-43(39)48(36)49(37)44)33-14-16-34(17-15-33)46-30-38-23-26-40(32-10-5-2-6-11-32)45-27-20-35-12-7-13-42(46)47(35)50(38)45/h1-30H. The van der Waals surface area contributed by atoms with E-state index in [4.69, 9.17) is 0 Å². The maximum Gasteiger partial charge on any atom is -0.00201 e. The predicted molar refractivity (Wildman–Crippen MR) is 216 cm³/mol. The molecular formula is C50H30. The molecular weight excluding hydrogens is 601 g/mol. The van der Waals surface area contributed by atoms with E-state index in [2.05, 4.69) is 182 Å². The number of benzene rings is 11. The van der Waals surface area contributed by atoms with Gasteiger partial charge < -0.3 is 0 Å². The smallest absolute Gasteiger partial charge is 0.00201 e. The van der Waals surface area contributed by atoms with Crippen LogP contribution in [0.4, 0.5) is 0 Å². The molecule has 0 spiro atoms. The number of rotatable bonds is 4. The Morgan fingerprint density at radius 3 is 1.06 bits per heavy atom. The van der Waals surface area contributed by atoms with Crippen molar-refractivity contribution in [3.63, 3.8) is 0 Å². The van der Waals surface area contributed by atoms with Crippen molar-refractivity contribution in [2.75, 3.05) is 0 Å². The molecule has 0 heterocycles. The fraction of sp³-hybridized carbons (Fsp3) is 0. The zero-order chi connectivity index (χ0) is 32.8. The minimum Gasteiger partial charge on any atom is -0.0622 e. The molecule has 0 bridgehead atoms. The summed E-state index contributed by atoms with van der Waals surface area (Å²) in [6, 6.07) is 67.5. The lowest BCUT2D eigenvalue weighted by Gasteiger charge is -2.18.